The van der Waals surface area contributed by atoms with Gasteiger partial charge in [-0.2, -0.15) is 5.10 Å². The number of benzene rings is 2. The number of para-hydroxylation sites is 1. The molecule has 0 unspecified atom stereocenters. The van der Waals surface area contributed by atoms with Crippen LogP contribution in [0.5, 0.6) is 11.5 Å². The molecule has 0 bridgehead atoms. The second-order valence-electron chi connectivity index (χ2n) is 6.52. The minimum Gasteiger partial charge on any atom is -0.497 e. The lowest BCUT2D eigenvalue weighted by atomic mass is 10.1. The van der Waals surface area contributed by atoms with Crippen LogP contribution in [0.1, 0.15) is 11.3 Å². The predicted molar refractivity (Wildman–Crippen MR) is 116 cm³/mol. The molecule has 1 amide bonds. The van der Waals surface area contributed by atoms with Crippen LogP contribution in [0.4, 0.5) is 5.82 Å². The number of methoxy groups -OCH3 is 2. The predicted octanol–water partition coefficient (Wildman–Crippen LogP) is 3.39. The summed E-state index contributed by atoms with van der Waals surface area (Å²) >= 11 is 0. The highest BCUT2D eigenvalue weighted by molar-refractivity contribution is 5.94. The van der Waals surface area contributed by atoms with Crippen molar-refractivity contribution < 1.29 is 23.8 Å². The third-order valence-electron chi connectivity index (χ3n) is 4.28. The van der Waals surface area contributed by atoms with Gasteiger partial charge >= 0.3 is 5.97 Å². The van der Waals surface area contributed by atoms with Gasteiger partial charge in [0.05, 0.1) is 25.6 Å². The molecule has 0 spiro atoms. The Bertz CT molecular complexity index is 1090. The van der Waals surface area contributed by atoms with Gasteiger partial charge in [-0.1, -0.05) is 18.2 Å². The number of aryl methyl sites for hydroxylation is 1. The number of hydrogen-bond donors (Lipinski definition) is 1. The van der Waals surface area contributed by atoms with Gasteiger partial charge in [0.15, 0.2) is 6.61 Å². The van der Waals surface area contributed by atoms with E-state index in [4.69, 9.17) is 14.2 Å². The van der Waals surface area contributed by atoms with Gasteiger partial charge in [0.25, 0.3) is 5.91 Å². The standard InChI is InChI=1S/C23H23N3O5/c1-16-13-21(26(25-16)18-7-5-4-6-8-18)24-22(27)15-31-23(28)12-9-17-14-19(29-2)10-11-20(17)30-3/h4-14H,15H2,1-3H3,(H,24,27)/b12-9+. The molecule has 0 radical (unpaired) electrons. The molecule has 0 fully saturated rings. The first-order chi connectivity index (χ1) is 15.0. The van der Waals surface area contributed by atoms with E-state index in [2.05, 4.69) is 10.4 Å². The molecule has 0 saturated carbocycles. The summed E-state index contributed by atoms with van der Waals surface area (Å²) in [5.74, 6) is 0.553. The molecule has 8 heteroatoms. The van der Waals surface area contributed by atoms with Crippen LogP contribution < -0.4 is 14.8 Å². The lowest BCUT2D eigenvalue weighted by Crippen LogP contribution is -2.21. The number of anilines is 1. The largest absolute Gasteiger partial charge is 0.497 e. The number of aromatic nitrogens is 2. The number of ether oxygens (including phenoxy) is 3. The molecule has 0 aliphatic carbocycles. The summed E-state index contributed by atoms with van der Waals surface area (Å²) in [5, 5.41) is 7.10. The molecule has 0 atom stereocenters. The molecule has 1 N–H and O–H groups in total. The van der Waals surface area contributed by atoms with E-state index in [1.165, 1.54) is 19.3 Å². The molecular weight excluding hydrogens is 398 g/mol. The summed E-state index contributed by atoms with van der Waals surface area (Å²) in [7, 11) is 3.08. The fraction of sp³-hybridized carbons (Fsp3) is 0.174. The molecule has 3 aromatic rings. The van der Waals surface area contributed by atoms with Crippen LogP contribution in [0.2, 0.25) is 0 Å². The van der Waals surface area contributed by atoms with Gasteiger partial charge in [-0.25, -0.2) is 9.48 Å². The third kappa shape index (κ3) is 5.72. The highest BCUT2D eigenvalue weighted by Gasteiger charge is 2.12. The number of hydrogen-bond acceptors (Lipinski definition) is 6. The molecule has 160 valence electrons. The monoisotopic (exact) mass is 421 g/mol. The smallest absolute Gasteiger partial charge is 0.331 e. The summed E-state index contributed by atoms with van der Waals surface area (Å²) in [5.41, 5.74) is 2.19. The molecule has 0 aliphatic heterocycles. The van der Waals surface area contributed by atoms with Gasteiger partial charge in [0.1, 0.15) is 17.3 Å². The van der Waals surface area contributed by atoms with Crippen molar-refractivity contribution in [1.29, 1.82) is 0 Å². The Balaban J connectivity index is 1.60. The summed E-state index contributed by atoms with van der Waals surface area (Å²) in [6.07, 6.45) is 2.76. The minimum atomic E-state index is -0.659. The molecule has 1 heterocycles. The number of esters is 1. The normalized spacial score (nSPS) is 10.7. The fourth-order valence-electron chi connectivity index (χ4n) is 2.85. The molecule has 0 saturated heterocycles. The van der Waals surface area contributed by atoms with E-state index in [-0.39, 0.29) is 0 Å². The van der Waals surface area contributed by atoms with Gasteiger partial charge in [-0.05, 0) is 43.3 Å². The maximum atomic E-state index is 12.3. The van der Waals surface area contributed by atoms with Crippen LogP contribution in [0, 0.1) is 6.92 Å². The number of carbonyl (C=O) groups is 2. The zero-order valence-electron chi connectivity index (χ0n) is 17.5. The van der Waals surface area contributed by atoms with Crippen LogP contribution in [-0.2, 0) is 14.3 Å². The van der Waals surface area contributed by atoms with Crippen LogP contribution >= 0.6 is 0 Å². The zero-order valence-corrected chi connectivity index (χ0v) is 17.5. The van der Waals surface area contributed by atoms with Crippen molar-refractivity contribution in [2.24, 2.45) is 0 Å². The first-order valence-electron chi connectivity index (χ1n) is 9.49. The van der Waals surface area contributed by atoms with E-state index < -0.39 is 18.5 Å². The fourth-order valence-corrected chi connectivity index (χ4v) is 2.85. The second kappa shape index (κ2) is 10.1. The average molecular weight is 421 g/mol. The van der Waals surface area contributed by atoms with Crippen LogP contribution in [0.3, 0.4) is 0 Å². The Morgan fingerprint density at radius 2 is 1.84 bits per heavy atom. The van der Waals surface area contributed by atoms with E-state index in [9.17, 15) is 9.59 Å². The van der Waals surface area contributed by atoms with Gasteiger partial charge in [0, 0.05) is 17.7 Å². The molecule has 31 heavy (non-hydrogen) atoms. The van der Waals surface area contributed by atoms with Crippen molar-refractivity contribution in [2.45, 2.75) is 6.92 Å². The Labute approximate surface area is 180 Å². The molecule has 8 nitrogen and oxygen atoms in total. The Morgan fingerprint density at radius 1 is 1.06 bits per heavy atom. The van der Waals surface area contributed by atoms with E-state index in [0.29, 0.717) is 22.9 Å². The summed E-state index contributed by atoms with van der Waals surface area (Å²) in [6.45, 7) is 1.39. The lowest BCUT2D eigenvalue weighted by molar-refractivity contribution is -0.142. The minimum absolute atomic E-state index is 0.433. The Kier molecular flexibility index (Phi) is 7.05. The van der Waals surface area contributed by atoms with Crippen molar-refractivity contribution in [1.82, 2.24) is 9.78 Å². The number of carbonyl (C=O) groups excluding carboxylic acids is 2. The van der Waals surface area contributed by atoms with Crippen LogP contribution in [-0.4, -0.2) is 42.5 Å². The lowest BCUT2D eigenvalue weighted by Gasteiger charge is -2.09. The van der Waals surface area contributed by atoms with Gasteiger partial charge < -0.3 is 19.5 Å². The van der Waals surface area contributed by atoms with Crippen molar-refractivity contribution >= 4 is 23.8 Å². The van der Waals surface area contributed by atoms with E-state index in [1.54, 1.807) is 36.1 Å². The molecule has 2 aromatic carbocycles. The highest BCUT2D eigenvalue weighted by atomic mass is 16.5. The molecule has 1 aromatic heterocycles. The van der Waals surface area contributed by atoms with Crippen LogP contribution in [0.25, 0.3) is 11.8 Å². The third-order valence-corrected chi connectivity index (χ3v) is 4.28. The van der Waals surface area contributed by atoms with Crippen molar-refractivity contribution in [3.63, 3.8) is 0 Å². The Morgan fingerprint density at radius 3 is 2.55 bits per heavy atom. The van der Waals surface area contributed by atoms with Crippen molar-refractivity contribution in [3.05, 3.63) is 71.9 Å². The first kappa shape index (κ1) is 21.6. The summed E-state index contributed by atoms with van der Waals surface area (Å²) in [4.78, 5) is 24.3. The molecule has 0 aliphatic rings. The quantitative estimate of drug-likeness (QED) is 0.443. The van der Waals surface area contributed by atoms with E-state index in [1.807, 2.05) is 37.3 Å². The Hall–Kier alpha value is -4.07. The van der Waals surface area contributed by atoms with E-state index in [0.717, 1.165) is 11.4 Å². The second-order valence-corrected chi connectivity index (χ2v) is 6.52. The topological polar surface area (TPSA) is 91.7 Å². The van der Waals surface area contributed by atoms with Crippen molar-refractivity contribution in [2.75, 3.05) is 26.1 Å². The van der Waals surface area contributed by atoms with Crippen LogP contribution in [0.15, 0.2) is 60.7 Å². The van der Waals surface area contributed by atoms with E-state index >= 15 is 0 Å². The molecule has 3 rings (SSSR count). The summed E-state index contributed by atoms with van der Waals surface area (Å²) in [6, 6.07) is 16.3. The number of rotatable bonds is 8. The number of amides is 1. The van der Waals surface area contributed by atoms with Gasteiger partial charge in [-0.3, -0.25) is 4.79 Å². The average Bonchev–Trinajstić information content (AvgIpc) is 3.16. The maximum absolute atomic E-state index is 12.3. The SMILES string of the molecule is COc1ccc(OC)c(/C=C/C(=O)OCC(=O)Nc2cc(C)nn2-c2ccccc2)c1. The van der Waals surface area contributed by atoms with Gasteiger partial charge in [0.2, 0.25) is 0 Å². The van der Waals surface area contributed by atoms with Gasteiger partial charge in [-0.15, -0.1) is 0 Å². The van der Waals surface area contributed by atoms with Crippen molar-refractivity contribution in [3.8, 4) is 17.2 Å². The number of nitrogens with zero attached hydrogens (tertiary/aromatic N) is 2. The highest BCUT2D eigenvalue weighted by Crippen LogP contribution is 2.25. The summed E-state index contributed by atoms with van der Waals surface area (Å²) < 4.78 is 17.1. The number of nitrogens with one attached hydrogen (secondary N) is 1. The zero-order chi connectivity index (χ0) is 22.2. The molecular formula is C23H23N3O5. The first-order valence-corrected chi connectivity index (χ1v) is 9.49. The maximum Gasteiger partial charge on any atom is 0.331 e.